The van der Waals surface area contributed by atoms with Crippen molar-refractivity contribution in [3.63, 3.8) is 0 Å². The largest absolute Gasteiger partial charge is 0.335 e. The van der Waals surface area contributed by atoms with E-state index in [0.29, 0.717) is 12.1 Å². The number of carbonyl (C=O) groups excluding carboxylic acids is 1. The van der Waals surface area contributed by atoms with Gasteiger partial charge in [-0.15, -0.1) is 11.3 Å². The predicted octanol–water partition coefficient (Wildman–Crippen LogP) is 3.90. The fourth-order valence-corrected chi connectivity index (χ4v) is 4.09. The first-order valence-corrected chi connectivity index (χ1v) is 9.22. The molecule has 1 aromatic carbocycles. The molecule has 1 saturated heterocycles. The summed E-state index contributed by atoms with van der Waals surface area (Å²) in [6.45, 7) is 6.37. The summed E-state index contributed by atoms with van der Waals surface area (Å²) in [5, 5.41) is 3.26. The van der Waals surface area contributed by atoms with Crippen LogP contribution in [0.15, 0.2) is 36.4 Å². The fraction of sp³-hybridized carbons (Fsp3) is 0.421. The zero-order chi connectivity index (χ0) is 17.1. The third-order valence-corrected chi connectivity index (χ3v) is 5.55. The maximum Gasteiger partial charge on any atom is 0.227 e. The molecule has 3 nitrogen and oxygen atoms in total. The maximum absolute atomic E-state index is 13.9. The third-order valence-electron chi connectivity index (χ3n) is 4.44. The van der Waals surface area contributed by atoms with Crippen molar-refractivity contribution in [2.45, 2.75) is 32.9 Å². The van der Waals surface area contributed by atoms with Gasteiger partial charge in [0, 0.05) is 27.9 Å². The van der Waals surface area contributed by atoms with Gasteiger partial charge < -0.3 is 10.2 Å². The summed E-state index contributed by atoms with van der Waals surface area (Å²) < 4.78 is 13.9. The van der Waals surface area contributed by atoms with Crippen LogP contribution in [0.2, 0.25) is 0 Å². The molecule has 5 heteroatoms. The first-order chi connectivity index (χ1) is 11.6. The highest BCUT2D eigenvalue weighted by atomic mass is 32.1. The van der Waals surface area contributed by atoms with E-state index in [2.05, 4.69) is 5.32 Å². The van der Waals surface area contributed by atoms with Crippen molar-refractivity contribution in [2.75, 3.05) is 13.1 Å². The molecule has 1 aliphatic rings. The fourth-order valence-electron chi connectivity index (χ4n) is 3.05. The lowest BCUT2D eigenvalue weighted by Crippen LogP contribution is -2.40. The number of nitrogens with zero attached hydrogens (tertiary/aromatic N) is 1. The van der Waals surface area contributed by atoms with Crippen molar-refractivity contribution in [1.82, 2.24) is 10.2 Å². The second-order valence-corrected chi connectivity index (χ2v) is 7.66. The minimum atomic E-state index is -0.209. The number of halogens is 1. The second kappa shape index (κ2) is 7.45. The van der Waals surface area contributed by atoms with Crippen LogP contribution in [0.25, 0.3) is 10.4 Å². The van der Waals surface area contributed by atoms with Gasteiger partial charge in [0.2, 0.25) is 5.91 Å². The zero-order valence-corrected chi connectivity index (χ0v) is 14.9. The summed E-state index contributed by atoms with van der Waals surface area (Å²) in [7, 11) is 0. The number of thiophene rings is 1. The average Bonchev–Trinajstić information content (AvgIpc) is 3.24. The normalized spacial score (nSPS) is 17.4. The van der Waals surface area contributed by atoms with Crippen LogP contribution in [-0.4, -0.2) is 29.9 Å². The quantitative estimate of drug-likeness (QED) is 0.890. The molecular weight excluding hydrogens is 323 g/mol. The molecule has 0 bridgehead atoms. The van der Waals surface area contributed by atoms with Crippen molar-refractivity contribution < 1.29 is 9.18 Å². The Balaban J connectivity index is 1.76. The first-order valence-electron chi connectivity index (χ1n) is 8.41. The Morgan fingerprint density at radius 1 is 1.33 bits per heavy atom. The standard InChI is InChI=1S/C19H23FN2OS/c1-13(2)22(19(23)14-9-10-21-11-14)12-15-7-8-18(24-15)16-5-3-4-6-17(16)20/h3-8,13-14,21H,9-12H2,1-2H3. The lowest BCUT2D eigenvalue weighted by atomic mass is 10.1. The van der Waals surface area contributed by atoms with Gasteiger partial charge in [-0.05, 0) is 45.0 Å². The molecule has 0 radical (unpaired) electrons. The number of amides is 1. The molecule has 0 spiro atoms. The Kier molecular flexibility index (Phi) is 5.31. The van der Waals surface area contributed by atoms with E-state index in [1.54, 1.807) is 23.5 Å². The first kappa shape index (κ1) is 17.1. The van der Waals surface area contributed by atoms with E-state index < -0.39 is 0 Å². The SMILES string of the molecule is CC(C)N(Cc1ccc(-c2ccccc2F)s1)C(=O)C1CCNC1. The molecule has 128 valence electrons. The molecule has 0 saturated carbocycles. The van der Waals surface area contributed by atoms with Gasteiger partial charge in [-0.25, -0.2) is 4.39 Å². The Morgan fingerprint density at radius 3 is 2.79 bits per heavy atom. The zero-order valence-electron chi connectivity index (χ0n) is 14.1. The molecule has 3 rings (SSSR count). The van der Waals surface area contributed by atoms with Gasteiger partial charge in [0.1, 0.15) is 5.82 Å². The summed E-state index contributed by atoms with van der Waals surface area (Å²) in [5.74, 6) is 0.0916. The average molecular weight is 346 g/mol. The topological polar surface area (TPSA) is 32.3 Å². The van der Waals surface area contributed by atoms with Crippen molar-refractivity contribution in [3.05, 3.63) is 47.1 Å². The third kappa shape index (κ3) is 3.68. The van der Waals surface area contributed by atoms with Crippen molar-refractivity contribution in [3.8, 4) is 10.4 Å². The lowest BCUT2D eigenvalue weighted by Gasteiger charge is -2.28. The monoisotopic (exact) mass is 346 g/mol. The molecule has 2 aromatic rings. The summed E-state index contributed by atoms with van der Waals surface area (Å²) in [6.07, 6.45) is 0.910. The number of carbonyl (C=O) groups is 1. The molecule has 1 aliphatic heterocycles. The van der Waals surface area contributed by atoms with Crippen LogP contribution in [0.4, 0.5) is 4.39 Å². The molecular formula is C19H23FN2OS. The van der Waals surface area contributed by atoms with Gasteiger partial charge in [-0.2, -0.15) is 0 Å². The molecule has 1 aromatic heterocycles. The number of hydrogen-bond donors (Lipinski definition) is 1. The van der Waals surface area contributed by atoms with Crippen LogP contribution >= 0.6 is 11.3 Å². The molecule has 24 heavy (non-hydrogen) atoms. The van der Waals surface area contributed by atoms with E-state index in [1.165, 1.54) is 6.07 Å². The molecule has 1 atom stereocenters. The summed E-state index contributed by atoms with van der Waals surface area (Å²) >= 11 is 1.56. The van der Waals surface area contributed by atoms with Gasteiger partial charge in [0.25, 0.3) is 0 Å². The Labute approximate surface area is 146 Å². The highest BCUT2D eigenvalue weighted by Gasteiger charge is 2.28. The van der Waals surface area contributed by atoms with Crippen LogP contribution in [0.1, 0.15) is 25.1 Å². The lowest BCUT2D eigenvalue weighted by molar-refractivity contribution is -0.137. The smallest absolute Gasteiger partial charge is 0.227 e. The van der Waals surface area contributed by atoms with Crippen molar-refractivity contribution in [2.24, 2.45) is 5.92 Å². The highest BCUT2D eigenvalue weighted by Crippen LogP contribution is 2.31. The number of benzene rings is 1. The van der Waals surface area contributed by atoms with Gasteiger partial charge in [-0.1, -0.05) is 18.2 Å². The number of hydrogen-bond acceptors (Lipinski definition) is 3. The van der Waals surface area contributed by atoms with Gasteiger partial charge >= 0.3 is 0 Å². The van der Waals surface area contributed by atoms with E-state index >= 15 is 0 Å². The molecule has 1 fully saturated rings. The summed E-state index contributed by atoms with van der Waals surface area (Å²) in [5.41, 5.74) is 0.621. The van der Waals surface area contributed by atoms with Gasteiger partial charge in [0.05, 0.1) is 12.5 Å². The Hall–Kier alpha value is -1.72. The van der Waals surface area contributed by atoms with Crippen molar-refractivity contribution >= 4 is 17.2 Å². The van der Waals surface area contributed by atoms with Crippen LogP contribution in [0, 0.1) is 11.7 Å². The van der Waals surface area contributed by atoms with Crippen molar-refractivity contribution in [1.29, 1.82) is 0 Å². The van der Waals surface area contributed by atoms with E-state index in [0.717, 1.165) is 29.3 Å². The van der Waals surface area contributed by atoms with E-state index in [4.69, 9.17) is 0 Å². The molecule has 0 aliphatic carbocycles. The van der Waals surface area contributed by atoms with Crippen LogP contribution < -0.4 is 5.32 Å². The predicted molar refractivity (Wildman–Crippen MR) is 96.4 cm³/mol. The number of rotatable bonds is 5. The van der Waals surface area contributed by atoms with E-state index in [1.807, 2.05) is 36.9 Å². The summed E-state index contributed by atoms with van der Waals surface area (Å²) in [4.78, 5) is 16.7. The summed E-state index contributed by atoms with van der Waals surface area (Å²) in [6, 6.07) is 10.9. The van der Waals surface area contributed by atoms with E-state index in [-0.39, 0.29) is 23.7 Å². The molecule has 1 N–H and O–H groups in total. The Morgan fingerprint density at radius 2 is 2.12 bits per heavy atom. The molecule has 2 heterocycles. The van der Waals surface area contributed by atoms with Gasteiger partial charge in [-0.3, -0.25) is 4.79 Å². The van der Waals surface area contributed by atoms with Crippen LogP contribution in [-0.2, 0) is 11.3 Å². The highest BCUT2D eigenvalue weighted by molar-refractivity contribution is 7.15. The second-order valence-electron chi connectivity index (χ2n) is 6.50. The minimum absolute atomic E-state index is 0.0819. The maximum atomic E-state index is 13.9. The Bertz CT molecular complexity index is 707. The molecule has 1 unspecified atom stereocenters. The van der Waals surface area contributed by atoms with Gasteiger partial charge in [0.15, 0.2) is 0 Å². The minimum Gasteiger partial charge on any atom is -0.335 e. The van der Waals surface area contributed by atoms with E-state index in [9.17, 15) is 9.18 Å². The number of nitrogens with one attached hydrogen (secondary N) is 1. The van der Waals surface area contributed by atoms with Crippen LogP contribution in [0.5, 0.6) is 0 Å². The molecule has 1 amide bonds. The van der Waals surface area contributed by atoms with Crippen LogP contribution in [0.3, 0.4) is 0 Å².